The highest BCUT2D eigenvalue weighted by atomic mass is 32.1. The highest BCUT2D eigenvalue weighted by Crippen LogP contribution is 2.34. The third-order valence-electron chi connectivity index (χ3n) is 4.83. The van der Waals surface area contributed by atoms with E-state index >= 15 is 0 Å². The number of thiophene rings is 1. The molecule has 0 spiro atoms. The van der Waals surface area contributed by atoms with E-state index in [9.17, 15) is 14.0 Å². The zero-order valence-electron chi connectivity index (χ0n) is 17.1. The summed E-state index contributed by atoms with van der Waals surface area (Å²) in [6.45, 7) is 0.583. The van der Waals surface area contributed by atoms with Crippen molar-refractivity contribution in [3.63, 3.8) is 0 Å². The number of hydrogen-bond acceptors (Lipinski definition) is 4. The van der Waals surface area contributed by atoms with Crippen LogP contribution in [0.5, 0.6) is 5.75 Å². The van der Waals surface area contributed by atoms with Crippen molar-refractivity contribution in [2.45, 2.75) is 6.61 Å². The second kappa shape index (κ2) is 10.1. The van der Waals surface area contributed by atoms with E-state index < -0.39 is 0 Å². The second-order valence-electron chi connectivity index (χ2n) is 7.00. The standard InChI is InChI=1S/C25H21FN2O3S/c26-20-12-7-13-21-22(20)19(16-31-18-10-5-2-6-11-18)23(32-21)25(30)28-15-14-27-24(29)17-8-3-1-4-9-17/h1-13H,14-16H2,(H,27,29)(H,28,30). The molecule has 2 amide bonds. The van der Waals surface area contributed by atoms with Crippen LogP contribution >= 0.6 is 11.3 Å². The Kier molecular flexibility index (Phi) is 6.77. The fourth-order valence-electron chi connectivity index (χ4n) is 3.28. The van der Waals surface area contributed by atoms with Gasteiger partial charge in [0.2, 0.25) is 0 Å². The van der Waals surface area contributed by atoms with Gasteiger partial charge in [0.05, 0.1) is 4.88 Å². The monoisotopic (exact) mass is 448 g/mol. The average molecular weight is 449 g/mol. The van der Waals surface area contributed by atoms with Crippen LogP contribution in [0.25, 0.3) is 10.1 Å². The summed E-state index contributed by atoms with van der Waals surface area (Å²) in [7, 11) is 0. The number of hydrogen-bond donors (Lipinski definition) is 2. The van der Waals surface area contributed by atoms with Gasteiger partial charge in [-0.15, -0.1) is 11.3 Å². The van der Waals surface area contributed by atoms with Crippen LogP contribution in [-0.4, -0.2) is 24.9 Å². The molecule has 4 aromatic rings. The van der Waals surface area contributed by atoms with Crippen molar-refractivity contribution >= 4 is 33.2 Å². The van der Waals surface area contributed by atoms with Gasteiger partial charge < -0.3 is 15.4 Å². The van der Waals surface area contributed by atoms with Gasteiger partial charge in [0.1, 0.15) is 18.2 Å². The molecule has 3 aromatic carbocycles. The predicted octanol–water partition coefficient (Wildman–Crippen LogP) is 4.78. The molecular weight excluding hydrogens is 427 g/mol. The first-order chi connectivity index (χ1) is 15.6. The molecule has 0 atom stereocenters. The first kappa shape index (κ1) is 21.5. The van der Waals surface area contributed by atoms with Crippen molar-refractivity contribution in [2.75, 3.05) is 13.1 Å². The Labute approximate surface area is 188 Å². The number of benzene rings is 3. The number of amides is 2. The fourth-order valence-corrected chi connectivity index (χ4v) is 4.42. The van der Waals surface area contributed by atoms with Gasteiger partial charge in [0, 0.05) is 34.3 Å². The maximum absolute atomic E-state index is 14.6. The Balaban J connectivity index is 1.44. The van der Waals surface area contributed by atoms with Crippen LogP contribution in [0, 0.1) is 5.82 Å². The van der Waals surface area contributed by atoms with Crippen molar-refractivity contribution in [2.24, 2.45) is 0 Å². The van der Waals surface area contributed by atoms with Gasteiger partial charge in [-0.25, -0.2) is 4.39 Å². The van der Waals surface area contributed by atoms with Crippen molar-refractivity contribution in [1.82, 2.24) is 10.6 Å². The van der Waals surface area contributed by atoms with Crippen LogP contribution in [0.1, 0.15) is 25.6 Å². The summed E-state index contributed by atoms with van der Waals surface area (Å²) in [6.07, 6.45) is 0. The highest BCUT2D eigenvalue weighted by molar-refractivity contribution is 7.21. The lowest BCUT2D eigenvalue weighted by Gasteiger charge is -2.10. The van der Waals surface area contributed by atoms with Gasteiger partial charge >= 0.3 is 0 Å². The molecule has 0 radical (unpaired) electrons. The summed E-state index contributed by atoms with van der Waals surface area (Å²) in [5.41, 5.74) is 1.07. The second-order valence-corrected chi connectivity index (χ2v) is 8.05. The molecule has 1 heterocycles. The number of carbonyl (C=O) groups excluding carboxylic acids is 2. The van der Waals surface area contributed by atoms with Crippen LogP contribution in [0.3, 0.4) is 0 Å². The predicted molar refractivity (Wildman–Crippen MR) is 124 cm³/mol. The van der Waals surface area contributed by atoms with Crippen molar-refractivity contribution in [3.05, 3.63) is 101 Å². The third-order valence-corrected chi connectivity index (χ3v) is 6.02. The molecule has 5 nitrogen and oxygen atoms in total. The quantitative estimate of drug-likeness (QED) is 0.381. The number of halogens is 1. The topological polar surface area (TPSA) is 67.4 Å². The molecule has 0 aliphatic carbocycles. The van der Waals surface area contributed by atoms with Gasteiger partial charge in [0.25, 0.3) is 11.8 Å². The van der Waals surface area contributed by atoms with E-state index in [4.69, 9.17) is 4.74 Å². The largest absolute Gasteiger partial charge is 0.489 e. The molecule has 162 valence electrons. The highest BCUT2D eigenvalue weighted by Gasteiger charge is 2.21. The van der Waals surface area contributed by atoms with Gasteiger partial charge in [-0.1, -0.05) is 42.5 Å². The van der Waals surface area contributed by atoms with Gasteiger partial charge in [-0.2, -0.15) is 0 Å². The lowest BCUT2D eigenvalue weighted by atomic mass is 10.1. The molecule has 0 bridgehead atoms. The molecule has 7 heteroatoms. The first-order valence-corrected chi connectivity index (χ1v) is 10.9. The van der Waals surface area contributed by atoms with E-state index in [1.807, 2.05) is 24.3 Å². The Morgan fingerprint density at radius 1 is 0.812 bits per heavy atom. The molecule has 0 unspecified atom stereocenters. The Hall–Kier alpha value is -3.71. The summed E-state index contributed by atoms with van der Waals surface area (Å²) >= 11 is 1.22. The van der Waals surface area contributed by atoms with Crippen molar-refractivity contribution in [1.29, 1.82) is 0 Å². The third kappa shape index (κ3) is 4.95. The molecule has 0 saturated heterocycles. The van der Waals surface area contributed by atoms with Gasteiger partial charge in [-0.3, -0.25) is 9.59 Å². The number of ether oxygens (including phenoxy) is 1. The summed E-state index contributed by atoms with van der Waals surface area (Å²) in [6, 6.07) is 22.8. The summed E-state index contributed by atoms with van der Waals surface area (Å²) < 4.78 is 21.1. The lowest BCUT2D eigenvalue weighted by Crippen LogP contribution is -2.34. The normalized spacial score (nSPS) is 10.7. The SMILES string of the molecule is O=C(NCCNC(=O)c1sc2cccc(F)c2c1COc1ccccc1)c1ccccc1. The van der Waals surface area contributed by atoms with E-state index in [0.29, 0.717) is 31.8 Å². The molecule has 1 aromatic heterocycles. The lowest BCUT2D eigenvalue weighted by molar-refractivity contribution is 0.0928. The minimum absolute atomic E-state index is 0.0679. The van der Waals surface area contributed by atoms with Crippen LogP contribution in [0.2, 0.25) is 0 Å². The molecule has 0 fully saturated rings. The zero-order valence-corrected chi connectivity index (χ0v) is 18.0. The summed E-state index contributed by atoms with van der Waals surface area (Å²) in [5, 5.41) is 5.97. The number of nitrogens with one attached hydrogen (secondary N) is 2. The van der Waals surface area contributed by atoms with Gasteiger partial charge in [0.15, 0.2) is 0 Å². The van der Waals surface area contributed by atoms with E-state index in [-0.39, 0.29) is 37.3 Å². The molecule has 0 aliphatic heterocycles. The van der Waals surface area contributed by atoms with E-state index in [2.05, 4.69) is 10.6 Å². The zero-order chi connectivity index (χ0) is 22.3. The van der Waals surface area contributed by atoms with Crippen molar-refractivity contribution in [3.8, 4) is 5.75 Å². The molecule has 0 aliphatic rings. The van der Waals surface area contributed by atoms with Crippen LogP contribution < -0.4 is 15.4 Å². The maximum atomic E-state index is 14.6. The van der Waals surface area contributed by atoms with Crippen molar-refractivity contribution < 1.29 is 18.7 Å². The number of rotatable bonds is 8. The van der Waals surface area contributed by atoms with Gasteiger partial charge in [-0.05, 0) is 36.4 Å². The van der Waals surface area contributed by atoms with Crippen LogP contribution in [0.15, 0.2) is 78.9 Å². The molecule has 32 heavy (non-hydrogen) atoms. The molecule has 0 saturated carbocycles. The average Bonchev–Trinajstić information content (AvgIpc) is 3.21. The number of para-hydroxylation sites is 1. The molecule has 4 rings (SSSR count). The summed E-state index contributed by atoms with van der Waals surface area (Å²) in [5.74, 6) is -0.287. The number of fused-ring (bicyclic) bond motifs is 1. The van der Waals surface area contributed by atoms with E-state index in [1.165, 1.54) is 17.4 Å². The minimum atomic E-state index is -0.389. The molecule has 2 N–H and O–H groups in total. The van der Waals surface area contributed by atoms with E-state index in [1.54, 1.807) is 48.5 Å². The fraction of sp³-hybridized carbons (Fsp3) is 0.120. The minimum Gasteiger partial charge on any atom is -0.489 e. The summed E-state index contributed by atoms with van der Waals surface area (Å²) in [4.78, 5) is 25.4. The van der Waals surface area contributed by atoms with E-state index in [0.717, 1.165) is 0 Å². The Morgan fingerprint density at radius 2 is 1.47 bits per heavy atom. The Morgan fingerprint density at radius 3 is 2.19 bits per heavy atom. The van der Waals surface area contributed by atoms with Crippen LogP contribution in [0.4, 0.5) is 4.39 Å². The Bertz CT molecular complexity index is 1230. The molecular formula is C25H21FN2O3S. The smallest absolute Gasteiger partial charge is 0.261 e. The first-order valence-electron chi connectivity index (χ1n) is 10.1. The van der Waals surface area contributed by atoms with Crippen LogP contribution in [-0.2, 0) is 6.61 Å². The number of carbonyl (C=O) groups is 2. The maximum Gasteiger partial charge on any atom is 0.261 e.